The second kappa shape index (κ2) is 2.48. The van der Waals surface area contributed by atoms with Crippen molar-refractivity contribution in [3.63, 3.8) is 0 Å². The van der Waals surface area contributed by atoms with Crippen LogP contribution in [0.4, 0.5) is 0 Å². The average Bonchev–Trinajstić information content (AvgIpc) is 2.31. The SMILES string of the molecule is CC1(C)C[C@@H](N)Cc2c1o[nH]c2=O. The molecule has 0 aliphatic heterocycles. The first-order chi connectivity index (χ1) is 6.00. The molecular weight excluding hydrogens is 168 g/mol. The standard InChI is InChI=1S/C9H14N2O2/c1-9(2)4-5(10)3-6-7(9)13-11-8(6)12/h5H,3-4,10H2,1-2H3,(H,11,12)/t5-/m0/s1. The maximum absolute atomic E-state index is 11.3. The monoisotopic (exact) mass is 182 g/mol. The van der Waals surface area contributed by atoms with E-state index >= 15 is 0 Å². The van der Waals surface area contributed by atoms with E-state index in [2.05, 4.69) is 5.16 Å². The number of fused-ring (bicyclic) bond motifs is 1. The molecule has 0 bridgehead atoms. The molecule has 0 saturated heterocycles. The Kier molecular flexibility index (Phi) is 1.63. The van der Waals surface area contributed by atoms with Crippen molar-refractivity contribution in [2.75, 3.05) is 0 Å². The number of aromatic nitrogens is 1. The predicted molar refractivity (Wildman–Crippen MR) is 48.7 cm³/mol. The molecule has 4 heteroatoms. The van der Waals surface area contributed by atoms with Crippen LogP contribution in [0.1, 0.15) is 31.6 Å². The summed E-state index contributed by atoms with van der Waals surface area (Å²) in [6.07, 6.45) is 1.49. The molecule has 0 spiro atoms. The van der Waals surface area contributed by atoms with Crippen molar-refractivity contribution in [1.82, 2.24) is 5.16 Å². The molecular formula is C9H14N2O2. The largest absolute Gasteiger partial charge is 0.383 e. The zero-order valence-electron chi connectivity index (χ0n) is 7.89. The van der Waals surface area contributed by atoms with Gasteiger partial charge in [0.2, 0.25) is 0 Å². The second-order valence-corrected chi connectivity index (χ2v) is 4.39. The van der Waals surface area contributed by atoms with E-state index in [1.54, 1.807) is 0 Å². The molecule has 4 nitrogen and oxygen atoms in total. The highest BCUT2D eigenvalue weighted by Crippen LogP contribution is 2.34. The van der Waals surface area contributed by atoms with E-state index in [0.717, 1.165) is 17.7 Å². The van der Waals surface area contributed by atoms with Crippen LogP contribution in [0.3, 0.4) is 0 Å². The fourth-order valence-electron chi connectivity index (χ4n) is 2.14. The van der Waals surface area contributed by atoms with Crippen molar-refractivity contribution in [2.24, 2.45) is 5.73 Å². The highest BCUT2D eigenvalue weighted by Gasteiger charge is 2.36. The van der Waals surface area contributed by atoms with Gasteiger partial charge in [-0.1, -0.05) is 13.8 Å². The molecule has 0 radical (unpaired) electrons. The first-order valence-electron chi connectivity index (χ1n) is 4.47. The number of rotatable bonds is 0. The van der Waals surface area contributed by atoms with Crippen LogP contribution in [0, 0.1) is 0 Å². The summed E-state index contributed by atoms with van der Waals surface area (Å²) >= 11 is 0. The summed E-state index contributed by atoms with van der Waals surface area (Å²) in [5, 5.41) is 2.37. The minimum atomic E-state index is -0.127. The Balaban J connectivity index is 2.58. The topological polar surface area (TPSA) is 72.0 Å². The van der Waals surface area contributed by atoms with Crippen molar-refractivity contribution >= 4 is 0 Å². The van der Waals surface area contributed by atoms with E-state index in [4.69, 9.17) is 10.3 Å². The Morgan fingerprint density at radius 1 is 1.62 bits per heavy atom. The van der Waals surface area contributed by atoms with Crippen LogP contribution in [0.25, 0.3) is 0 Å². The lowest BCUT2D eigenvalue weighted by Gasteiger charge is -2.30. The van der Waals surface area contributed by atoms with Gasteiger partial charge in [0.25, 0.3) is 5.56 Å². The van der Waals surface area contributed by atoms with Crippen LogP contribution in [-0.4, -0.2) is 11.2 Å². The van der Waals surface area contributed by atoms with Crippen LogP contribution in [0.15, 0.2) is 9.32 Å². The van der Waals surface area contributed by atoms with E-state index in [-0.39, 0.29) is 17.0 Å². The third kappa shape index (κ3) is 1.21. The first-order valence-corrected chi connectivity index (χ1v) is 4.47. The molecule has 72 valence electrons. The minimum absolute atomic E-state index is 0.0706. The summed E-state index contributed by atoms with van der Waals surface area (Å²) in [4.78, 5) is 11.3. The van der Waals surface area contributed by atoms with Gasteiger partial charge in [0, 0.05) is 11.5 Å². The van der Waals surface area contributed by atoms with E-state index < -0.39 is 0 Å². The van der Waals surface area contributed by atoms with Crippen LogP contribution < -0.4 is 11.3 Å². The Labute approximate surface area is 76.1 Å². The van der Waals surface area contributed by atoms with E-state index in [1.165, 1.54) is 0 Å². The molecule has 2 rings (SSSR count). The number of H-pyrrole nitrogens is 1. The molecule has 1 atom stereocenters. The lowest BCUT2D eigenvalue weighted by Crippen LogP contribution is -2.38. The lowest BCUT2D eigenvalue weighted by atomic mass is 9.75. The summed E-state index contributed by atoms with van der Waals surface area (Å²) < 4.78 is 5.16. The summed E-state index contributed by atoms with van der Waals surface area (Å²) in [6, 6.07) is 0.0706. The molecule has 0 amide bonds. The fraction of sp³-hybridized carbons (Fsp3) is 0.667. The molecule has 3 N–H and O–H groups in total. The van der Waals surface area contributed by atoms with E-state index in [1.807, 2.05) is 13.8 Å². The van der Waals surface area contributed by atoms with Crippen LogP contribution >= 0.6 is 0 Å². The molecule has 0 unspecified atom stereocenters. The number of hydrogen-bond donors (Lipinski definition) is 2. The predicted octanol–water partition coefficient (Wildman–Crippen LogP) is 0.519. The highest BCUT2D eigenvalue weighted by atomic mass is 16.5. The van der Waals surface area contributed by atoms with E-state index in [0.29, 0.717) is 6.42 Å². The molecule has 13 heavy (non-hydrogen) atoms. The third-order valence-corrected chi connectivity index (χ3v) is 2.65. The van der Waals surface area contributed by atoms with Gasteiger partial charge in [-0.15, -0.1) is 0 Å². The minimum Gasteiger partial charge on any atom is -0.383 e. The van der Waals surface area contributed by atoms with Gasteiger partial charge in [0.1, 0.15) is 5.76 Å². The maximum Gasteiger partial charge on any atom is 0.283 e. The van der Waals surface area contributed by atoms with Gasteiger partial charge in [-0.25, -0.2) is 0 Å². The Hall–Kier alpha value is -1.03. The third-order valence-electron chi connectivity index (χ3n) is 2.65. The highest BCUT2D eigenvalue weighted by molar-refractivity contribution is 5.26. The molecule has 1 heterocycles. The number of nitrogens with one attached hydrogen (secondary N) is 1. The van der Waals surface area contributed by atoms with Crippen molar-refractivity contribution in [3.05, 3.63) is 21.7 Å². The zero-order chi connectivity index (χ0) is 9.64. The molecule has 1 aliphatic carbocycles. The van der Waals surface area contributed by atoms with Gasteiger partial charge >= 0.3 is 0 Å². The first kappa shape index (κ1) is 8.56. The number of aromatic amines is 1. The van der Waals surface area contributed by atoms with Crippen molar-refractivity contribution in [1.29, 1.82) is 0 Å². The number of nitrogens with two attached hydrogens (primary N) is 1. The smallest absolute Gasteiger partial charge is 0.283 e. The molecule has 0 saturated carbocycles. The van der Waals surface area contributed by atoms with Crippen molar-refractivity contribution in [3.8, 4) is 0 Å². The van der Waals surface area contributed by atoms with Crippen LogP contribution in [-0.2, 0) is 11.8 Å². The average molecular weight is 182 g/mol. The van der Waals surface area contributed by atoms with Gasteiger partial charge in [0.05, 0.1) is 5.56 Å². The van der Waals surface area contributed by atoms with Crippen molar-refractivity contribution < 1.29 is 4.52 Å². The van der Waals surface area contributed by atoms with Gasteiger partial charge < -0.3 is 10.3 Å². The zero-order valence-corrected chi connectivity index (χ0v) is 7.89. The molecule has 0 aromatic carbocycles. The van der Waals surface area contributed by atoms with Crippen LogP contribution in [0.2, 0.25) is 0 Å². The Morgan fingerprint density at radius 3 is 3.00 bits per heavy atom. The summed E-state index contributed by atoms with van der Waals surface area (Å²) in [6.45, 7) is 4.09. The van der Waals surface area contributed by atoms with Gasteiger partial charge in [0.15, 0.2) is 0 Å². The summed E-state index contributed by atoms with van der Waals surface area (Å²) in [5.74, 6) is 0.777. The Bertz CT molecular complexity index is 375. The molecule has 1 aromatic rings. The molecule has 0 fully saturated rings. The van der Waals surface area contributed by atoms with Gasteiger partial charge in [-0.05, 0) is 12.8 Å². The number of hydrogen-bond acceptors (Lipinski definition) is 3. The summed E-state index contributed by atoms with van der Waals surface area (Å²) in [5.41, 5.74) is 6.34. The quantitative estimate of drug-likeness (QED) is 0.614. The molecule has 1 aromatic heterocycles. The lowest BCUT2D eigenvalue weighted by molar-refractivity contribution is 0.274. The second-order valence-electron chi connectivity index (χ2n) is 4.39. The van der Waals surface area contributed by atoms with Gasteiger partial charge in [-0.2, -0.15) is 5.16 Å². The van der Waals surface area contributed by atoms with Gasteiger partial charge in [-0.3, -0.25) is 4.79 Å². The van der Waals surface area contributed by atoms with Crippen molar-refractivity contribution in [2.45, 2.75) is 38.1 Å². The van der Waals surface area contributed by atoms with Crippen LogP contribution in [0.5, 0.6) is 0 Å². The van der Waals surface area contributed by atoms with E-state index in [9.17, 15) is 4.79 Å². The fourth-order valence-corrected chi connectivity index (χ4v) is 2.14. The Morgan fingerprint density at radius 2 is 2.31 bits per heavy atom. The summed E-state index contributed by atoms with van der Waals surface area (Å²) in [7, 11) is 0. The molecule has 1 aliphatic rings. The normalized spacial score (nSPS) is 25.6. The maximum atomic E-state index is 11.3.